The van der Waals surface area contributed by atoms with Crippen molar-refractivity contribution in [2.45, 2.75) is 26.5 Å². The number of hydrogen-bond donors (Lipinski definition) is 1. The molecule has 0 heterocycles. The van der Waals surface area contributed by atoms with Crippen molar-refractivity contribution < 1.29 is 9.13 Å². The molecule has 0 aliphatic carbocycles. The van der Waals surface area contributed by atoms with Crippen LogP contribution >= 0.6 is 11.6 Å². The monoisotopic (exact) mass is 293 g/mol. The Morgan fingerprint density at radius 3 is 2.70 bits per heavy atom. The number of halogens is 2. The van der Waals surface area contributed by atoms with E-state index >= 15 is 0 Å². The number of hydrogen-bond acceptors (Lipinski definition) is 2. The van der Waals surface area contributed by atoms with Gasteiger partial charge in [0.25, 0.3) is 0 Å². The molecule has 0 radical (unpaired) electrons. The first-order chi connectivity index (χ1) is 9.49. The van der Waals surface area contributed by atoms with Crippen LogP contribution in [0.5, 0.6) is 5.75 Å². The molecule has 0 spiro atoms. The summed E-state index contributed by atoms with van der Waals surface area (Å²) in [5.74, 6) is 0.298. The van der Waals surface area contributed by atoms with Crippen molar-refractivity contribution in [3.8, 4) is 5.75 Å². The summed E-state index contributed by atoms with van der Waals surface area (Å²) in [6.07, 6.45) is 0. The van der Waals surface area contributed by atoms with Crippen LogP contribution in [0.25, 0.3) is 0 Å². The van der Waals surface area contributed by atoms with Gasteiger partial charge in [-0.25, -0.2) is 4.39 Å². The van der Waals surface area contributed by atoms with Gasteiger partial charge in [0.15, 0.2) is 0 Å². The highest BCUT2D eigenvalue weighted by Gasteiger charge is 2.11. The second-order valence-electron chi connectivity index (χ2n) is 4.82. The van der Waals surface area contributed by atoms with E-state index < -0.39 is 0 Å². The average Bonchev–Trinajstić information content (AvgIpc) is 2.37. The highest BCUT2D eigenvalue weighted by Crippen LogP contribution is 2.27. The molecule has 2 nitrogen and oxygen atoms in total. The molecule has 0 amide bonds. The van der Waals surface area contributed by atoms with E-state index in [1.165, 1.54) is 6.07 Å². The van der Waals surface area contributed by atoms with E-state index in [4.69, 9.17) is 22.1 Å². The zero-order chi connectivity index (χ0) is 14.7. The van der Waals surface area contributed by atoms with Crippen molar-refractivity contribution in [2.24, 2.45) is 5.73 Å². The molecule has 20 heavy (non-hydrogen) atoms. The molecular weight excluding hydrogens is 277 g/mol. The standard InChI is InChI=1S/C16H17ClFNO/c1-10-6-7-12(11(2)19)16(8-10)20-9-13-14(17)4-3-5-15(13)18/h3-8,11H,9,19H2,1-2H3/t11-/m1/s1. The van der Waals surface area contributed by atoms with Gasteiger partial charge in [0, 0.05) is 17.2 Å². The lowest BCUT2D eigenvalue weighted by atomic mass is 10.1. The van der Waals surface area contributed by atoms with Crippen LogP contribution in [-0.4, -0.2) is 0 Å². The van der Waals surface area contributed by atoms with Gasteiger partial charge in [-0.15, -0.1) is 0 Å². The maximum atomic E-state index is 13.7. The third-order valence-electron chi connectivity index (χ3n) is 3.09. The predicted octanol–water partition coefficient (Wildman–Crippen LogP) is 4.39. The van der Waals surface area contributed by atoms with E-state index in [2.05, 4.69) is 0 Å². The number of rotatable bonds is 4. The second kappa shape index (κ2) is 6.25. The quantitative estimate of drug-likeness (QED) is 0.907. The van der Waals surface area contributed by atoms with Gasteiger partial charge in [0.05, 0.1) is 5.02 Å². The Kier molecular flexibility index (Phi) is 4.63. The second-order valence-corrected chi connectivity index (χ2v) is 5.23. The lowest BCUT2D eigenvalue weighted by molar-refractivity contribution is 0.295. The normalized spacial score (nSPS) is 12.2. The van der Waals surface area contributed by atoms with Crippen LogP contribution in [-0.2, 0) is 6.61 Å². The fourth-order valence-corrected chi connectivity index (χ4v) is 2.18. The summed E-state index contributed by atoms with van der Waals surface area (Å²) in [6.45, 7) is 3.93. The zero-order valence-corrected chi connectivity index (χ0v) is 12.2. The van der Waals surface area contributed by atoms with Crippen molar-refractivity contribution in [3.05, 3.63) is 63.9 Å². The van der Waals surface area contributed by atoms with E-state index in [1.54, 1.807) is 12.1 Å². The summed E-state index contributed by atoms with van der Waals surface area (Å²) in [5, 5.41) is 0.361. The van der Waals surface area contributed by atoms with Crippen LogP contribution in [0.4, 0.5) is 4.39 Å². The maximum absolute atomic E-state index is 13.7. The van der Waals surface area contributed by atoms with E-state index in [0.29, 0.717) is 16.3 Å². The van der Waals surface area contributed by atoms with Gasteiger partial charge in [0.2, 0.25) is 0 Å². The molecule has 4 heteroatoms. The average molecular weight is 294 g/mol. The molecule has 0 saturated carbocycles. The first kappa shape index (κ1) is 14.8. The molecule has 2 aromatic rings. The first-order valence-electron chi connectivity index (χ1n) is 6.41. The number of benzene rings is 2. The van der Waals surface area contributed by atoms with Gasteiger partial charge in [-0.2, -0.15) is 0 Å². The van der Waals surface area contributed by atoms with E-state index in [9.17, 15) is 4.39 Å². The predicted molar refractivity (Wildman–Crippen MR) is 79.5 cm³/mol. The maximum Gasteiger partial charge on any atom is 0.131 e. The molecule has 106 valence electrons. The minimum absolute atomic E-state index is 0.0781. The largest absolute Gasteiger partial charge is 0.488 e. The molecule has 0 aromatic heterocycles. The fourth-order valence-electron chi connectivity index (χ4n) is 1.96. The lowest BCUT2D eigenvalue weighted by Gasteiger charge is -2.15. The molecule has 0 saturated heterocycles. The summed E-state index contributed by atoms with van der Waals surface area (Å²) in [6, 6.07) is 10.2. The number of nitrogens with two attached hydrogens (primary N) is 1. The van der Waals surface area contributed by atoms with Crippen LogP contribution in [0, 0.1) is 12.7 Å². The molecular formula is C16H17ClFNO. The van der Waals surface area contributed by atoms with Crippen LogP contribution in [0.3, 0.4) is 0 Å². The van der Waals surface area contributed by atoms with Crippen molar-refractivity contribution >= 4 is 11.6 Å². The van der Waals surface area contributed by atoms with Crippen LogP contribution in [0.15, 0.2) is 36.4 Å². The highest BCUT2D eigenvalue weighted by molar-refractivity contribution is 6.31. The molecule has 0 unspecified atom stereocenters. The Morgan fingerprint density at radius 2 is 2.05 bits per heavy atom. The van der Waals surface area contributed by atoms with Gasteiger partial charge < -0.3 is 10.5 Å². The number of aryl methyl sites for hydroxylation is 1. The van der Waals surface area contributed by atoms with Crippen molar-refractivity contribution in [2.75, 3.05) is 0 Å². The van der Waals surface area contributed by atoms with Crippen LogP contribution in [0.2, 0.25) is 5.02 Å². The minimum atomic E-state index is -0.368. The van der Waals surface area contributed by atoms with Gasteiger partial charge in [-0.05, 0) is 37.6 Å². The van der Waals surface area contributed by atoms with Gasteiger partial charge in [-0.3, -0.25) is 0 Å². The Balaban J connectivity index is 2.25. The third-order valence-corrected chi connectivity index (χ3v) is 3.45. The highest BCUT2D eigenvalue weighted by atomic mass is 35.5. The van der Waals surface area contributed by atoms with Gasteiger partial charge >= 0.3 is 0 Å². The number of ether oxygens (including phenoxy) is 1. The van der Waals surface area contributed by atoms with E-state index in [0.717, 1.165) is 11.1 Å². The molecule has 0 aliphatic heterocycles. The topological polar surface area (TPSA) is 35.2 Å². The molecule has 2 aromatic carbocycles. The molecule has 0 aliphatic rings. The van der Waals surface area contributed by atoms with Crippen molar-refractivity contribution in [3.63, 3.8) is 0 Å². The fraction of sp³-hybridized carbons (Fsp3) is 0.250. The van der Waals surface area contributed by atoms with Crippen molar-refractivity contribution in [1.29, 1.82) is 0 Å². The summed E-state index contributed by atoms with van der Waals surface area (Å²) < 4.78 is 19.4. The minimum Gasteiger partial charge on any atom is -0.488 e. The van der Waals surface area contributed by atoms with Crippen LogP contribution in [0.1, 0.15) is 29.7 Å². The summed E-state index contributed by atoms with van der Waals surface area (Å²) in [5.41, 5.74) is 8.22. The lowest BCUT2D eigenvalue weighted by Crippen LogP contribution is -2.09. The molecule has 1 atom stereocenters. The zero-order valence-electron chi connectivity index (χ0n) is 11.5. The molecule has 2 N–H and O–H groups in total. The molecule has 0 fully saturated rings. The summed E-state index contributed by atoms with van der Waals surface area (Å²) in [7, 11) is 0. The van der Waals surface area contributed by atoms with Crippen LogP contribution < -0.4 is 10.5 Å². The van der Waals surface area contributed by atoms with E-state index in [1.807, 2.05) is 32.0 Å². The molecule has 2 rings (SSSR count). The van der Waals surface area contributed by atoms with Gasteiger partial charge in [0.1, 0.15) is 18.2 Å². The van der Waals surface area contributed by atoms with E-state index in [-0.39, 0.29) is 18.5 Å². The SMILES string of the molecule is Cc1ccc([C@@H](C)N)c(OCc2c(F)cccc2Cl)c1. The Labute approximate surface area is 123 Å². The Hall–Kier alpha value is -1.58. The third kappa shape index (κ3) is 3.30. The smallest absolute Gasteiger partial charge is 0.131 e. The summed E-state index contributed by atoms with van der Waals surface area (Å²) in [4.78, 5) is 0. The van der Waals surface area contributed by atoms with Crippen molar-refractivity contribution in [1.82, 2.24) is 0 Å². The Bertz CT molecular complexity index is 593. The van der Waals surface area contributed by atoms with Gasteiger partial charge in [-0.1, -0.05) is 29.8 Å². The Morgan fingerprint density at radius 1 is 1.30 bits per heavy atom. The molecule has 0 bridgehead atoms. The first-order valence-corrected chi connectivity index (χ1v) is 6.78. The summed E-state index contributed by atoms with van der Waals surface area (Å²) >= 11 is 5.98.